The van der Waals surface area contributed by atoms with Gasteiger partial charge in [0.25, 0.3) is 6.43 Å². The Morgan fingerprint density at radius 3 is 2.07 bits per heavy atom. The molecule has 1 aromatic carbocycles. The van der Waals surface area contributed by atoms with Crippen LogP contribution in [0.25, 0.3) is 0 Å². The molecular weight excluding hydrogens is 337 g/mol. The molecular formula is C8H3F6I. The standard InChI is InChI=1S/C8H3F6I/c9-6-4(8(12,13)14)1-3(7(10)11)2-5(6)15/h1-2,7H. The zero-order valence-corrected chi connectivity index (χ0v) is 9.04. The summed E-state index contributed by atoms with van der Waals surface area (Å²) in [4.78, 5) is 0. The van der Waals surface area contributed by atoms with Gasteiger partial charge in [-0.15, -0.1) is 0 Å². The smallest absolute Gasteiger partial charge is 0.205 e. The van der Waals surface area contributed by atoms with E-state index in [2.05, 4.69) is 0 Å². The largest absolute Gasteiger partial charge is 0.419 e. The first-order chi connectivity index (χ1) is 6.73. The van der Waals surface area contributed by atoms with Crippen LogP contribution in [0.15, 0.2) is 12.1 Å². The molecule has 1 rings (SSSR count). The first-order valence-electron chi connectivity index (χ1n) is 3.57. The summed E-state index contributed by atoms with van der Waals surface area (Å²) in [5.74, 6) is -1.52. The Balaban J connectivity index is 3.38. The summed E-state index contributed by atoms with van der Waals surface area (Å²) in [5, 5.41) is 0. The lowest BCUT2D eigenvalue weighted by atomic mass is 10.1. The van der Waals surface area contributed by atoms with E-state index in [-0.39, 0.29) is 6.07 Å². The van der Waals surface area contributed by atoms with Gasteiger partial charge in [-0.25, -0.2) is 13.2 Å². The predicted molar refractivity (Wildman–Crippen MR) is 49.1 cm³/mol. The predicted octanol–water partition coefficient (Wildman–Crippen LogP) is 4.39. The Labute approximate surface area is 94.4 Å². The van der Waals surface area contributed by atoms with Crippen LogP contribution in [0, 0.1) is 9.39 Å². The number of hydrogen-bond donors (Lipinski definition) is 0. The Morgan fingerprint density at radius 1 is 1.13 bits per heavy atom. The van der Waals surface area contributed by atoms with Crippen LogP contribution < -0.4 is 0 Å². The molecule has 0 atom stereocenters. The normalized spacial score (nSPS) is 12.3. The highest BCUT2D eigenvalue weighted by Gasteiger charge is 2.36. The minimum Gasteiger partial charge on any atom is -0.205 e. The van der Waals surface area contributed by atoms with E-state index in [0.29, 0.717) is 6.07 Å². The van der Waals surface area contributed by atoms with Crippen LogP contribution in [0.2, 0.25) is 0 Å². The van der Waals surface area contributed by atoms with Crippen molar-refractivity contribution in [3.8, 4) is 0 Å². The lowest BCUT2D eigenvalue weighted by Crippen LogP contribution is -2.10. The van der Waals surface area contributed by atoms with Crippen molar-refractivity contribution in [2.45, 2.75) is 12.6 Å². The molecule has 0 heterocycles. The van der Waals surface area contributed by atoms with Crippen molar-refractivity contribution in [3.63, 3.8) is 0 Å². The maximum Gasteiger partial charge on any atom is 0.419 e. The number of hydrogen-bond acceptors (Lipinski definition) is 0. The van der Waals surface area contributed by atoms with Gasteiger partial charge in [0.15, 0.2) is 0 Å². The molecule has 0 amide bonds. The average Bonchev–Trinajstić information content (AvgIpc) is 2.06. The highest BCUT2D eigenvalue weighted by atomic mass is 127. The van der Waals surface area contributed by atoms with Crippen molar-refractivity contribution in [1.82, 2.24) is 0 Å². The topological polar surface area (TPSA) is 0 Å². The second kappa shape index (κ2) is 4.18. The SMILES string of the molecule is Fc1c(I)cc(C(F)F)cc1C(F)(F)F. The van der Waals surface area contributed by atoms with Crippen LogP contribution in [-0.4, -0.2) is 0 Å². The van der Waals surface area contributed by atoms with Crippen LogP contribution in [-0.2, 0) is 6.18 Å². The van der Waals surface area contributed by atoms with Crippen molar-refractivity contribution >= 4 is 22.6 Å². The van der Waals surface area contributed by atoms with Gasteiger partial charge >= 0.3 is 6.18 Å². The van der Waals surface area contributed by atoms with E-state index in [1.165, 1.54) is 22.6 Å². The lowest BCUT2D eigenvalue weighted by Gasteiger charge is -2.11. The molecule has 1 aromatic rings. The summed E-state index contributed by atoms with van der Waals surface area (Å²) in [6, 6.07) is 0.817. The van der Waals surface area contributed by atoms with Gasteiger partial charge < -0.3 is 0 Å². The van der Waals surface area contributed by atoms with E-state index in [0.717, 1.165) is 0 Å². The van der Waals surface area contributed by atoms with Gasteiger partial charge in [0.2, 0.25) is 0 Å². The van der Waals surface area contributed by atoms with Crippen molar-refractivity contribution in [2.24, 2.45) is 0 Å². The molecule has 0 unspecified atom stereocenters. The molecule has 0 bridgehead atoms. The molecule has 0 radical (unpaired) electrons. The maximum atomic E-state index is 13.0. The van der Waals surface area contributed by atoms with Crippen LogP contribution >= 0.6 is 22.6 Å². The number of halogens is 7. The minimum absolute atomic E-state index is 0.127. The first-order valence-corrected chi connectivity index (χ1v) is 4.65. The Bertz CT molecular complexity index is 370. The summed E-state index contributed by atoms with van der Waals surface area (Å²) in [5.41, 5.74) is -2.50. The molecule has 0 aliphatic carbocycles. The summed E-state index contributed by atoms with van der Waals surface area (Å²) < 4.78 is 73.4. The zero-order valence-electron chi connectivity index (χ0n) is 6.88. The molecule has 0 saturated heterocycles. The average molecular weight is 340 g/mol. The molecule has 0 N–H and O–H groups in total. The third kappa shape index (κ3) is 2.76. The monoisotopic (exact) mass is 340 g/mol. The molecule has 0 spiro atoms. The summed E-state index contributed by atoms with van der Waals surface area (Å²) in [7, 11) is 0. The van der Waals surface area contributed by atoms with Crippen molar-refractivity contribution in [2.75, 3.05) is 0 Å². The van der Waals surface area contributed by atoms with E-state index in [4.69, 9.17) is 0 Å². The van der Waals surface area contributed by atoms with Crippen LogP contribution in [0.3, 0.4) is 0 Å². The Hall–Kier alpha value is -0.470. The van der Waals surface area contributed by atoms with Gasteiger partial charge in [-0.1, -0.05) is 0 Å². The molecule has 15 heavy (non-hydrogen) atoms. The molecule has 0 nitrogen and oxygen atoms in total. The van der Waals surface area contributed by atoms with E-state index < -0.39 is 33.1 Å². The van der Waals surface area contributed by atoms with Gasteiger partial charge in [-0.3, -0.25) is 0 Å². The third-order valence-electron chi connectivity index (χ3n) is 1.61. The van der Waals surface area contributed by atoms with Crippen molar-refractivity contribution in [3.05, 3.63) is 32.6 Å². The van der Waals surface area contributed by atoms with E-state index in [9.17, 15) is 26.3 Å². The molecule has 0 fully saturated rings. The number of alkyl halides is 5. The second-order valence-electron chi connectivity index (χ2n) is 2.66. The zero-order chi connectivity index (χ0) is 11.8. The van der Waals surface area contributed by atoms with Crippen LogP contribution in [0.1, 0.15) is 17.6 Å². The van der Waals surface area contributed by atoms with Gasteiger partial charge in [0.05, 0.1) is 5.56 Å². The second-order valence-corrected chi connectivity index (χ2v) is 3.82. The highest BCUT2D eigenvalue weighted by molar-refractivity contribution is 14.1. The molecule has 0 aromatic heterocycles. The van der Waals surface area contributed by atoms with Gasteiger partial charge in [0.1, 0.15) is 5.82 Å². The van der Waals surface area contributed by atoms with E-state index >= 15 is 0 Å². The van der Waals surface area contributed by atoms with Crippen molar-refractivity contribution in [1.29, 1.82) is 0 Å². The van der Waals surface area contributed by atoms with E-state index in [1.54, 1.807) is 0 Å². The maximum absolute atomic E-state index is 13.0. The fraction of sp³-hybridized carbons (Fsp3) is 0.250. The number of benzene rings is 1. The fourth-order valence-electron chi connectivity index (χ4n) is 0.942. The molecule has 0 aliphatic rings. The van der Waals surface area contributed by atoms with Gasteiger partial charge in [-0.2, -0.15) is 13.2 Å². The minimum atomic E-state index is -4.96. The first kappa shape index (κ1) is 12.6. The lowest BCUT2D eigenvalue weighted by molar-refractivity contribution is -0.140. The van der Waals surface area contributed by atoms with Gasteiger partial charge in [0, 0.05) is 9.13 Å². The van der Waals surface area contributed by atoms with Gasteiger partial charge in [-0.05, 0) is 34.7 Å². The molecule has 0 aliphatic heterocycles. The Morgan fingerprint density at radius 2 is 1.67 bits per heavy atom. The summed E-state index contributed by atoms with van der Waals surface area (Å²) >= 11 is 1.24. The Kier molecular flexibility index (Phi) is 3.51. The quantitative estimate of drug-likeness (QED) is 0.526. The molecule has 84 valence electrons. The highest BCUT2D eigenvalue weighted by Crippen LogP contribution is 2.35. The molecule has 0 saturated carbocycles. The fourth-order valence-corrected chi connectivity index (χ4v) is 1.59. The van der Waals surface area contributed by atoms with E-state index in [1.807, 2.05) is 0 Å². The van der Waals surface area contributed by atoms with Crippen molar-refractivity contribution < 1.29 is 26.3 Å². The summed E-state index contributed by atoms with van der Waals surface area (Å²) in [6.07, 6.45) is -8.02. The number of rotatable bonds is 1. The summed E-state index contributed by atoms with van der Waals surface area (Å²) in [6.45, 7) is 0. The van der Waals surface area contributed by atoms with Crippen LogP contribution in [0.5, 0.6) is 0 Å². The molecule has 7 heteroatoms. The van der Waals surface area contributed by atoms with Crippen LogP contribution in [0.4, 0.5) is 26.3 Å². The third-order valence-corrected chi connectivity index (χ3v) is 2.39.